The van der Waals surface area contributed by atoms with Crippen LogP contribution < -0.4 is 10.2 Å². The number of hydrogen-bond donors (Lipinski definition) is 1. The van der Waals surface area contributed by atoms with Gasteiger partial charge in [0.2, 0.25) is 0 Å². The molecule has 2 rings (SSSR count). The van der Waals surface area contributed by atoms with E-state index in [-0.39, 0.29) is 0 Å². The monoisotopic (exact) mass is 264 g/mol. The maximum Gasteiger partial charge on any atom is 0.0642 e. The van der Waals surface area contributed by atoms with E-state index in [2.05, 4.69) is 41.4 Å². The number of nitrogens with zero attached hydrogens (tertiary/aromatic N) is 1. The highest BCUT2D eigenvalue weighted by molar-refractivity contribution is 5.70. The summed E-state index contributed by atoms with van der Waals surface area (Å²) in [4.78, 5) is 2.38. The van der Waals surface area contributed by atoms with Gasteiger partial charge in [0.05, 0.1) is 24.6 Å². The predicted octanol–water partition coefficient (Wildman–Crippen LogP) is 2.36. The summed E-state index contributed by atoms with van der Waals surface area (Å²) < 4.78 is 10.5. The summed E-state index contributed by atoms with van der Waals surface area (Å²) in [5, 5.41) is 3.58. The lowest BCUT2D eigenvalue weighted by atomic mass is 10.2. The van der Waals surface area contributed by atoms with Crippen LogP contribution in [0.25, 0.3) is 0 Å². The van der Waals surface area contributed by atoms with Gasteiger partial charge in [0, 0.05) is 32.8 Å². The van der Waals surface area contributed by atoms with E-state index in [0.29, 0.717) is 6.04 Å². The van der Waals surface area contributed by atoms with Gasteiger partial charge >= 0.3 is 0 Å². The number of hydrogen-bond acceptors (Lipinski definition) is 4. The van der Waals surface area contributed by atoms with Crippen LogP contribution in [-0.4, -0.2) is 46.1 Å². The van der Waals surface area contributed by atoms with Gasteiger partial charge in [-0.25, -0.2) is 0 Å². The van der Waals surface area contributed by atoms with Crippen LogP contribution in [0.4, 0.5) is 11.4 Å². The van der Waals surface area contributed by atoms with Gasteiger partial charge < -0.3 is 19.7 Å². The van der Waals surface area contributed by atoms with Gasteiger partial charge in [-0.15, -0.1) is 0 Å². The maximum absolute atomic E-state index is 5.42. The van der Waals surface area contributed by atoms with Crippen LogP contribution in [0.5, 0.6) is 0 Å². The number of anilines is 2. The van der Waals surface area contributed by atoms with Crippen molar-refractivity contribution in [3.05, 3.63) is 24.3 Å². The Bertz CT molecular complexity index is 378. The van der Waals surface area contributed by atoms with Crippen LogP contribution in [0, 0.1) is 0 Å². The van der Waals surface area contributed by atoms with Crippen LogP contribution in [-0.2, 0) is 9.47 Å². The zero-order valence-electron chi connectivity index (χ0n) is 11.9. The lowest BCUT2D eigenvalue weighted by molar-refractivity contribution is 0.123. The normalized spacial score (nSPS) is 17.3. The summed E-state index contributed by atoms with van der Waals surface area (Å²) in [5.41, 5.74) is 2.48. The first-order valence-electron chi connectivity index (χ1n) is 6.98. The first-order chi connectivity index (χ1) is 9.31. The third-order valence-corrected chi connectivity index (χ3v) is 3.41. The van der Waals surface area contributed by atoms with E-state index < -0.39 is 0 Å². The summed E-state index contributed by atoms with van der Waals surface area (Å²) in [5.74, 6) is 0. The van der Waals surface area contributed by atoms with Gasteiger partial charge in [-0.05, 0) is 25.5 Å². The number of para-hydroxylation sites is 2. The Kier molecular flexibility index (Phi) is 5.48. The zero-order chi connectivity index (χ0) is 13.5. The van der Waals surface area contributed by atoms with Crippen molar-refractivity contribution in [2.75, 3.05) is 50.2 Å². The smallest absolute Gasteiger partial charge is 0.0642 e. The quantitative estimate of drug-likeness (QED) is 0.855. The SMILES string of the molecule is COCCC(C)Nc1ccccc1N1CCOCC1. The van der Waals surface area contributed by atoms with Crippen LogP contribution >= 0.6 is 0 Å². The molecular weight excluding hydrogens is 240 g/mol. The van der Waals surface area contributed by atoms with Gasteiger partial charge in [0.25, 0.3) is 0 Å². The third kappa shape index (κ3) is 4.11. The first-order valence-corrected chi connectivity index (χ1v) is 6.98. The van der Waals surface area contributed by atoms with E-state index >= 15 is 0 Å². The summed E-state index contributed by atoms with van der Waals surface area (Å²) in [7, 11) is 1.74. The topological polar surface area (TPSA) is 33.7 Å². The fraction of sp³-hybridized carbons (Fsp3) is 0.600. The second-order valence-electron chi connectivity index (χ2n) is 4.94. The molecular formula is C15H24N2O2. The molecule has 1 saturated heterocycles. The van der Waals surface area contributed by atoms with Crippen molar-refractivity contribution in [2.24, 2.45) is 0 Å². The minimum atomic E-state index is 0.405. The molecule has 0 bridgehead atoms. The van der Waals surface area contributed by atoms with E-state index in [1.165, 1.54) is 11.4 Å². The highest BCUT2D eigenvalue weighted by Crippen LogP contribution is 2.27. The number of rotatable bonds is 6. The summed E-state index contributed by atoms with van der Waals surface area (Å²) in [6.45, 7) is 6.53. The standard InChI is InChI=1S/C15H24N2O2/c1-13(7-10-18-2)16-14-5-3-4-6-15(14)17-8-11-19-12-9-17/h3-6,13,16H,7-12H2,1-2H3. The minimum Gasteiger partial charge on any atom is -0.385 e. The number of benzene rings is 1. The summed E-state index contributed by atoms with van der Waals surface area (Å²) in [6.07, 6.45) is 1.01. The Hall–Kier alpha value is -1.26. The summed E-state index contributed by atoms with van der Waals surface area (Å²) in [6, 6.07) is 8.90. The van der Waals surface area contributed by atoms with Gasteiger partial charge in [-0.3, -0.25) is 0 Å². The minimum absolute atomic E-state index is 0.405. The van der Waals surface area contributed by atoms with E-state index in [1.807, 2.05) is 0 Å². The highest BCUT2D eigenvalue weighted by Gasteiger charge is 2.15. The predicted molar refractivity (Wildman–Crippen MR) is 79.1 cm³/mol. The van der Waals surface area contributed by atoms with Crippen molar-refractivity contribution < 1.29 is 9.47 Å². The van der Waals surface area contributed by atoms with Crippen LogP contribution in [0.15, 0.2) is 24.3 Å². The molecule has 1 aromatic rings. The average molecular weight is 264 g/mol. The zero-order valence-corrected chi connectivity index (χ0v) is 11.9. The first kappa shape index (κ1) is 14.2. The molecule has 4 heteroatoms. The molecule has 0 spiro atoms. The van der Waals surface area contributed by atoms with Crippen molar-refractivity contribution >= 4 is 11.4 Å². The average Bonchev–Trinajstić information content (AvgIpc) is 2.46. The molecule has 0 radical (unpaired) electrons. The molecule has 1 aliphatic heterocycles. The molecule has 19 heavy (non-hydrogen) atoms. The Labute approximate surface area is 115 Å². The fourth-order valence-electron chi connectivity index (χ4n) is 2.31. The molecule has 1 atom stereocenters. The molecule has 0 aromatic heterocycles. The van der Waals surface area contributed by atoms with Crippen molar-refractivity contribution in [2.45, 2.75) is 19.4 Å². The van der Waals surface area contributed by atoms with E-state index in [9.17, 15) is 0 Å². The molecule has 1 fully saturated rings. The molecule has 1 aromatic carbocycles. The Morgan fingerprint density at radius 1 is 1.32 bits per heavy atom. The van der Waals surface area contributed by atoms with Gasteiger partial charge in [-0.2, -0.15) is 0 Å². The molecule has 4 nitrogen and oxygen atoms in total. The van der Waals surface area contributed by atoms with E-state index in [4.69, 9.17) is 9.47 Å². The Balaban J connectivity index is 2.02. The second kappa shape index (κ2) is 7.36. The van der Waals surface area contributed by atoms with Gasteiger partial charge in [0.15, 0.2) is 0 Å². The van der Waals surface area contributed by atoms with Crippen LogP contribution in [0.1, 0.15) is 13.3 Å². The molecule has 0 saturated carbocycles. The lowest BCUT2D eigenvalue weighted by Crippen LogP contribution is -2.36. The molecule has 1 aliphatic rings. The fourth-order valence-corrected chi connectivity index (χ4v) is 2.31. The van der Waals surface area contributed by atoms with Crippen LogP contribution in [0.2, 0.25) is 0 Å². The molecule has 1 N–H and O–H groups in total. The number of ether oxygens (including phenoxy) is 2. The second-order valence-corrected chi connectivity index (χ2v) is 4.94. The van der Waals surface area contributed by atoms with E-state index in [0.717, 1.165) is 39.3 Å². The Morgan fingerprint density at radius 2 is 2.05 bits per heavy atom. The largest absolute Gasteiger partial charge is 0.385 e. The van der Waals surface area contributed by atoms with Crippen molar-refractivity contribution in [1.29, 1.82) is 0 Å². The van der Waals surface area contributed by atoms with Crippen LogP contribution in [0.3, 0.4) is 0 Å². The molecule has 106 valence electrons. The van der Waals surface area contributed by atoms with Crippen molar-refractivity contribution in [1.82, 2.24) is 0 Å². The highest BCUT2D eigenvalue weighted by atomic mass is 16.5. The van der Waals surface area contributed by atoms with Crippen molar-refractivity contribution in [3.8, 4) is 0 Å². The lowest BCUT2D eigenvalue weighted by Gasteiger charge is -2.31. The molecule has 0 amide bonds. The summed E-state index contributed by atoms with van der Waals surface area (Å²) >= 11 is 0. The third-order valence-electron chi connectivity index (χ3n) is 3.41. The van der Waals surface area contributed by atoms with E-state index in [1.54, 1.807) is 7.11 Å². The van der Waals surface area contributed by atoms with Crippen molar-refractivity contribution in [3.63, 3.8) is 0 Å². The Morgan fingerprint density at radius 3 is 2.79 bits per heavy atom. The number of methoxy groups -OCH3 is 1. The number of morpholine rings is 1. The van der Waals surface area contributed by atoms with Gasteiger partial charge in [0.1, 0.15) is 0 Å². The van der Waals surface area contributed by atoms with Gasteiger partial charge in [-0.1, -0.05) is 12.1 Å². The molecule has 1 heterocycles. The maximum atomic E-state index is 5.42. The molecule has 1 unspecified atom stereocenters. The molecule has 0 aliphatic carbocycles. The number of nitrogens with one attached hydrogen (secondary N) is 1.